The van der Waals surface area contributed by atoms with Crippen LogP contribution < -0.4 is 10.6 Å². The number of nitrogens with zero attached hydrogens (tertiary/aromatic N) is 4. The first-order valence-electron chi connectivity index (χ1n) is 21.5. The summed E-state index contributed by atoms with van der Waals surface area (Å²) in [7, 11) is 0. The van der Waals surface area contributed by atoms with Crippen LogP contribution in [0.4, 0.5) is 17.1 Å². The first-order chi connectivity index (χ1) is 30.7. The molecule has 8 aromatic rings. The van der Waals surface area contributed by atoms with Crippen molar-refractivity contribution in [3.05, 3.63) is 203 Å². The van der Waals surface area contributed by atoms with Crippen molar-refractivity contribution in [2.24, 2.45) is 0 Å². The Labute approximate surface area is 360 Å². The van der Waals surface area contributed by atoms with E-state index in [9.17, 15) is 10.5 Å². The van der Waals surface area contributed by atoms with E-state index in [1.165, 1.54) is 11.1 Å². The van der Waals surface area contributed by atoms with Crippen molar-refractivity contribution in [3.8, 4) is 23.5 Å². The largest absolute Gasteiger partial charge is 0.352 e. The summed E-state index contributed by atoms with van der Waals surface area (Å²) in [6.45, 7) is 0. The van der Waals surface area contributed by atoms with Gasteiger partial charge >= 0.3 is 0 Å². The molecule has 0 atom stereocenters. The van der Waals surface area contributed by atoms with Crippen LogP contribution in [0.15, 0.2) is 187 Å². The standard InChI is InChI=1S/C56H42N6/c57-35-45-53(59-47-29-13-7-23-39(47)37-19-3-1-4-20-37)56(62-51-33-17-11-27-43(51)44-28-12-18-34-52(44)62)54(60-48-30-14-8-24-40(48)38-21-5-2-6-22-38)46(36-58)55(45)61-49-31-15-9-25-41(49)42-26-10-16-32-50(42)61/h3,5,7,9-23,25-34,59-60H,1-2,4,6,8,24H2. The van der Waals surface area contributed by atoms with E-state index in [-0.39, 0.29) is 0 Å². The van der Waals surface area contributed by atoms with Crippen molar-refractivity contribution in [1.29, 1.82) is 10.5 Å². The molecule has 3 aliphatic rings. The lowest BCUT2D eigenvalue weighted by molar-refractivity contribution is 0.936. The topological polar surface area (TPSA) is 81.5 Å². The quantitative estimate of drug-likeness (QED) is 0.160. The number of fused-ring (bicyclic) bond motifs is 6. The normalized spacial score (nSPS) is 14.9. The minimum Gasteiger partial charge on any atom is -0.352 e. The average Bonchev–Trinajstić information content (AvgIpc) is 3.85. The second kappa shape index (κ2) is 15.5. The van der Waals surface area contributed by atoms with E-state index in [4.69, 9.17) is 0 Å². The molecule has 62 heavy (non-hydrogen) atoms. The van der Waals surface area contributed by atoms with Gasteiger partial charge in [-0.15, -0.1) is 0 Å². The molecule has 11 rings (SSSR count). The SMILES string of the molecule is N#Cc1c(NC2=C(C3=CCCC=C3)CCC=C2)c(-n2c3ccccc3c3ccccc32)c(Nc2ccccc2C2=CCCC=C2)c(C#N)c1-n1c2ccccc2c2ccccc21. The van der Waals surface area contributed by atoms with Crippen LogP contribution in [-0.2, 0) is 0 Å². The highest BCUT2D eigenvalue weighted by molar-refractivity contribution is 6.13. The molecule has 0 aliphatic heterocycles. The second-order valence-electron chi connectivity index (χ2n) is 16.1. The van der Waals surface area contributed by atoms with Gasteiger partial charge in [0, 0.05) is 38.5 Å². The summed E-state index contributed by atoms with van der Waals surface area (Å²) in [5.74, 6) is 0. The summed E-state index contributed by atoms with van der Waals surface area (Å²) < 4.78 is 4.38. The zero-order valence-electron chi connectivity index (χ0n) is 34.2. The van der Waals surface area contributed by atoms with Gasteiger partial charge < -0.3 is 19.8 Å². The first kappa shape index (κ1) is 37.0. The molecule has 0 amide bonds. The van der Waals surface area contributed by atoms with Crippen molar-refractivity contribution in [1.82, 2.24) is 9.13 Å². The maximum Gasteiger partial charge on any atom is 0.104 e. The summed E-state index contributed by atoms with van der Waals surface area (Å²) in [6, 6.07) is 47.2. The van der Waals surface area contributed by atoms with Crippen molar-refractivity contribution < 1.29 is 0 Å². The maximum absolute atomic E-state index is 11.8. The Morgan fingerprint density at radius 2 is 0.919 bits per heavy atom. The fraction of sp³-hybridized carbons (Fsp3) is 0.107. The third-order valence-electron chi connectivity index (χ3n) is 12.5. The van der Waals surface area contributed by atoms with Crippen molar-refractivity contribution >= 4 is 66.2 Å². The van der Waals surface area contributed by atoms with E-state index < -0.39 is 0 Å². The molecule has 2 aromatic heterocycles. The van der Waals surface area contributed by atoms with Gasteiger partial charge in [-0.3, -0.25) is 0 Å². The molecule has 0 bridgehead atoms. The number of nitrogens with one attached hydrogen (secondary N) is 2. The van der Waals surface area contributed by atoms with Crippen LogP contribution in [0.2, 0.25) is 0 Å². The Kier molecular flexibility index (Phi) is 9.25. The van der Waals surface area contributed by atoms with Gasteiger partial charge in [0.1, 0.15) is 23.3 Å². The fourth-order valence-electron chi connectivity index (χ4n) is 9.80. The van der Waals surface area contributed by atoms with Gasteiger partial charge in [-0.1, -0.05) is 134 Å². The maximum atomic E-state index is 11.8. The number of aromatic nitrogens is 2. The number of hydrogen-bond donors (Lipinski definition) is 2. The Morgan fingerprint density at radius 3 is 1.45 bits per heavy atom. The number of para-hydroxylation sites is 5. The van der Waals surface area contributed by atoms with Gasteiger partial charge in [-0.05, 0) is 91.7 Å². The summed E-state index contributed by atoms with van der Waals surface area (Å²) in [4.78, 5) is 0. The predicted molar refractivity (Wildman–Crippen MR) is 256 cm³/mol. The smallest absolute Gasteiger partial charge is 0.104 e. The number of anilines is 3. The van der Waals surface area contributed by atoms with Crippen molar-refractivity contribution in [2.75, 3.05) is 10.6 Å². The molecular formula is C56H42N6. The highest BCUT2D eigenvalue weighted by Gasteiger charge is 2.32. The lowest BCUT2D eigenvalue weighted by Crippen LogP contribution is -2.16. The summed E-state index contributed by atoms with van der Waals surface area (Å²) in [5.41, 5.74) is 13.3. The van der Waals surface area contributed by atoms with Gasteiger partial charge in [0.2, 0.25) is 0 Å². The van der Waals surface area contributed by atoms with Crippen LogP contribution in [0.3, 0.4) is 0 Å². The van der Waals surface area contributed by atoms with Crippen LogP contribution >= 0.6 is 0 Å². The summed E-state index contributed by atoms with van der Waals surface area (Å²) >= 11 is 0. The highest BCUT2D eigenvalue weighted by atomic mass is 15.1. The molecule has 0 radical (unpaired) electrons. The molecule has 6 heteroatoms. The second-order valence-corrected chi connectivity index (χ2v) is 16.1. The molecule has 0 saturated carbocycles. The summed E-state index contributed by atoms with van der Waals surface area (Å²) in [5, 5.41) is 35.8. The van der Waals surface area contributed by atoms with E-state index in [2.05, 4.69) is 172 Å². The first-order valence-corrected chi connectivity index (χ1v) is 21.5. The third-order valence-corrected chi connectivity index (χ3v) is 12.5. The molecule has 2 heterocycles. The van der Waals surface area contributed by atoms with Gasteiger partial charge in [-0.25, -0.2) is 0 Å². The zero-order chi connectivity index (χ0) is 41.6. The molecule has 296 valence electrons. The molecule has 0 fully saturated rings. The highest BCUT2D eigenvalue weighted by Crippen LogP contribution is 2.48. The van der Waals surface area contributed by atoms with Crippen LogP contribution in [0, 0.1) is 22.7 Å². The van der Waals surface area contributed by atoms with Crippen LogP contribution in [0.1, 0.15) is 55.2 Å². The molecule has 2 N–H and O–H groups in total. The van der Waals surface area contributed by atoms with Crippen LogP contribution in [0.25, 0.3) is 60.6 Å². The molecule has 0 spiro atoms. The third kappa shape index (κ3) is 5.99. The summed E-state index contributed by atoms with van der Waals surface area (Å²) in [6.07, 6.45) is 23.6. The number of hydrogen-bond acceptors (Lipinski definition) is 4. The van der Waals surface area contributed by atoms with Gasteiger partial charge in [0.15, 0.2) is 0 Å². The molecule has 0 unspecified atom stereocenters. The minimum atomic E-state index is 0.366. The van der Waals surface area contributed by atoms with E-state index in [1.54, 1.807) is 0 Å². The lowest BCUT2D eigenvalue weighted by atomic mass is 9.91. The molecule has 0 saturated heterocycles. The molecule has 6 nitrogen and oxygen atoms in total. The number of rotatable bonds is 8. The molecule has 6 aromatic carbocycles. The monoisotopic (exact) mass is 798 g/mol. The fourth-order valence-corrected chi connectivity index (χ4v) is 9.80. The number of nitriles is 2. The van der Waals surface area contributed by atoms with E-state index in [0.717, 1.165) is 105 Å². The van der Waals surface area contributed by atoms with Gasteiger partial charge in [0.25, 0.3) is 0 Å². The van der Waals surface area contributed by atoms with Gasteiger partial charge in [0.05, 0.1) is 44.8 Å². The van der Waals surface area contributed by atoms with E-state index in [1.807, 2.05) is 30.3 Å². The van der Waals surface area contributed by atoms with Crippen LogP contribution in [-0.4, -0.2) is 9.13 Å². The van der Waals surface area contributed by atoms with Gasteiger partial charge in [-0.2, -0.15) is 10.5 Å². The van der Waals surface area contributed by atoms with Crippen molar-refractivity contribution in [3.63, 3.8) is 0 Å². The van der Waals surface area contributed by atoms with Crippen LogP contribution in [0.5, 0.6) is 0 Å². The minimum absolute atomic E-state index is 0.366. The predicted octanol–water partition coefficient (Wildman–Crippen LogP) is 14.4. The molecular weight excluding hydrogens is 757 g/mol. The average molecular weight is 799 g/mol. The Hall–Kier alpha value is -8.06. The number of benzene rings is 6. The molecule has 3 aliphatic carbocycles. The van der Waals surface area contributed by atoms with E-state index >= 15 is 0 Å². The van der Waals surface area contributed by atoms with Crippen molar-refractivity contribution in [2.45, 2.75) is 38.5 Å². The van der Waals surface area contributed by atoms with E-state index in [0.29, 0.717) is 33.9 Å². The lowest BCUT2D eigenvalue weighted by Gasteiger charge is -2.28. The Bertz CT molecular complexity index is 3330. The Balaban J connectivity index is 1.33. The Morgan fingerprint density at radius 1 is 0.452 bits per heavy atom. The zero-order valence-corrected chi connectivity index (χ0v) is 34.2. The number of allylic oxidation sites excluding steroid dienone is 11.